The number of oxazole rings is 1. The van der Waals surface area contributed by atoms with E-state index in [9.17, 15) is 4.79 Å². The summed E-state index contributed by atoms with van der Waals surface area (Å²) >= 11 is 0. The molecular formula is C11H15N5O2. The van der Waals surface area contributed by atoms with E-state index < -0.39 is 0 Å². The second-order valence-electron chi connectivity index (χ2n) is 4.15. The molecule has 1 amide bonds. The molecule has 0 saturated carbocycles. The van der Waals surface area contributed by atoms with Crippen molar-refractivity contribution >= 4 is 5.91 Å². The maximum Gasteiger partial charge on any atom is 0.291 e. The van der Waals surface area contributed by atoms with Gasteiger partial charge >= 0.3 is 0 Å². The van der Waals surface area contributed by atoms with E-state index in [1.54, 1.807) is 20.9 Å². The summed E-state index contributed by atoms with van der Waals surface area (Å²) < 4.78 is 5.29. The maximum atomic E-state index is 12.1. The van der Waals surface area contributed by atoms with Crippen molar-refractivity contribution in [2.45, 2.75) is 27.3 Å². The monoisotopic (exact) mass is 249 g/mol. The summed E-state index contributed by atoms with van der Waals surface area (Å²) in [5.41, 5.74) is 0.593. The molecule has 0 aliphatic rings. The van der Waals surface area contributed by atoms with Crippen LogP contribution in [0.3, 0.4) is 0 Å². The minimum atomic E-state index is -0.226. The van der Waals surface area contributed by atoms with E-state index in [2.05, 4.69) is 20.2 Å². The number of aromatic amines is 1. The summed E-state index contributed by atoms with van der Waals surface area (Å²) in [6.45, 7) is 5.58. The van der Waals surface area contributed by atoms with Gasteiger partial charge in [0.05, 0.1) is 12.2 Å². The number of amides is 1. The van der Waals surface area contributed by atoms with Crippen LogP contribution in [0.25, 0.3) is 0 Å². The van der Waals surface area contributed by atoms with Crippen molar-refractivity contribution in [3.8, 4) is 0 Å². The predicted molar refractivity (Wildman–Crippen MR) is 62.9 cm³/mol. The summed E-state index contributed by atoms with van der Waals surface area (Å²) in [6, 6.07) is 0. The van der Waals surface area contributed by atoms with Gasteiger partial charge in [-0.1, -0.05) is 0 Å². The second-order valence-corrected chi connectivity index (χ2v) is 4.15. The number of hydrogen-bond donors (Lipinski definition) is 1. The molecule has 0 bridgehead atoms. The molecule has 1 N–H and O–H groups in total. The molecule has 7 heteroatoms. The summed E-state index contributed by atoms with van der Waals surface area (Å²) in [4.78, 5) is 21.8. The number of nitrogens with one attached hydrogen (secondary N) is 1. The number of rotatable bonds is 3. The molecule has 0 aliphatic heterocycles. The van der Waals surface area contributed by atoms with Gasteiger partial charge in [0.15, 0.2) is 11.7 Å². The molecule has 0 aromatic carbocycles. The van der Waals surface area contributed by atoms with Gasteiger partial charge in [-0.3, -0.25) is 9.89 Å². The van der Waals surface area contributed by atoms with Gasteiger partial charge in [-0.25, -0.2) is 9.97 Å². The highest BCUT2D eigenvalue weighted by atomic mass is 16.4. The van der Waals surface area contributed by atoms with Crippen LogP contribution < -0.4 is 0 Å². The Balaban J connectivity index is 2.11. The standard InChI is InChI=1S/C11H15N5O2/c1-6-10(18-8(3)12-6)11(17)16(4)5-9-13-7(2)14-15-9/h5H2,1-4H3,(H,13,14,15). The zero-order chi connectivity index (χ0) is 13.3. The number of nitrogens with zero attached hydrogens (tertiary/aromatic N) is 4. The summed E-state index contributed by atoms with van der Waals surface area (Å²) in [7, 11) is 1.67. The van der Waals surface area contributed by atoms with Crippen LogP contribution in [-0.2, 0) is 6.54 Å². The quantitative estimate of drug-likeness (QED) is 0.876. The van der Waals surface area contributed by atoms with E-state index in [0.29, 0.717) is 24.0 Å². The Bertz CT molecular complexity index is 572. The summed E-state index contributed by atoms with van der Waals surface area (Å²) in [6.07, 6.45) is 0. The minimum absolute atomic E-state index is 0.226. The van der Waals surface area contributed by atoms with Crippen molar-refractivity contribution in [3.63, 3.8) is 0 Å². The van der Waals surface area contributed by atoms with Crippen LogP contribution in [0.2, 0.25) is 0 Å². The van der Waals surface area contributed by atoms with Crippen molar-refractivity contribution in [2.75, 3.05) is 7.05 Å². The van der Waals surface area contributed by atoms with Gasteiger partial charge in [0.2, 0.25) is 5.76 Å². The fourth-order valence-corrected chi connectivity index (χ4v) is 1.65. The van der Waals surface area contributed by atoms with Gasteiger partial charge in [0.25, 0.3) is 5.91 Å². The smallest absolute Gasteiger partial charge is 0.291 e. The first-order chi connectivity index (χ1) is 8.47. The summed E-state index contributed by atoms with van der Waals surface area (Å²) in [5, 5.41) is 6.72. The molecule has 0 aliphatic carbocycles. The number of aryl methyl sites for hydroxylation is 3. The Morgan fingerprint density at radius 2 is 2.06 bits per heavy atom. The first-order valence-electron chi connectivity index (χ1n) is 5.54. The first-order valence-corrected chi connectivity index (χ1v) is 5.54. The molecule has 96 valence electrons. The molecule has 0 unspecified atom stereocenters. The lowest BCUT2D eigenvalue weighted by molar-refractivity contribution is 0.0747. The molecule has 7 nitrogen and oxygen atoms in total. The normalized spacial score (nSPS) is 10.7. The number of carbonyl (C=O) groups is 1. The Labute approximate surface area is 104 Å². The van der Waals surface area contributed by atoms with Gasteiger partial charge in [-0.05, 0) is 13.8 Å². The van der Waals surface area contributed by atoms with Crippen LogP contribution in [0.15, 0.2) is 4.42 Å². The van der Waals surface area contributed by atoms with Crippen LogP contribution in [0.4, 0.5) is 0 Å². The lowest BCUT2D eigenvalue weighted by Gasteiger charge is -2.13. The highest BCUT2D eigenvalue weighted by Gasteiger charge is 2.20. The van der Waals surface area contributed by atoms with Gasteiger partial charge in [0, 0.05) is 14.0 Å². The topological polar surface area (TPSA) is 87.9 Å². The van der Waals surface area contributed by atoms with Crippen LogP contribution >= 0.6 is 0 Å². The van der Waals surface area contributed by atoms with Gasteiger partial charge in [-0.15, -0.1) is 0 Å². The Morgan fingerprint density at radius 1 is 1.33 bits per heavy atom. The second kappa shape index (κ2) is 4.59. The van der Waals surface area contributed by atoms with Gasteiger partial charge < -0.3 is 9.32 Å². The van der Waals surface area contributed by atoms with E-state index in [1.165, 1.54) is 4.90 Å². The Kier molecular flexibility index (Phi) is 3.14. The average Bonchev–Trinajstić information content (AvgIpc) is 2.84. The molecule has 0 atom stereocenters. The third kappa shape index (κ3) is 2.39. The number of carbonyl (C=O) groups excluding carboxylic acids is 1. The van der Waals surface area contributed by atoms with Crippen molar-refractivity contribution in [2.24, 2.45) is 0 Å². The fourth-order valence-electron chi connectivity index (χ4n) is 1.65. The number of aromatic nitrogens is 4. The minimum Gasteiger partial charge on any atom is -0.436 e. The molecule has 2 aromatic heterocycles. The summed E-state index contributed by atoms with van der Waals surface area (Å²) in [5.74, 6) is 1.81. The van der Waals surface area contributed by atoms with Gasteiger partial charge in [-0.2, -0.15) is 5.10 Å². The lowest BCUT2D eigenvalue weighted by atomic mass is 10.3. The zero-order valence-corrected chi connectivity index (χ0v) is 10.8. The molecule has 0 fully saturated rings. The fraction of sp³-hybridized carbons (Fsp3) is 0.455. The van der Waals surface area contributed by atoms with Crippen LogP contribution in [0.5, 0.6) is 0 Å². The average molecular weight is 249 g/mol. The molecule has 18 heavy (non-hydrogen) atoms. The highest BCUT2D eigenvalue weighted by Crippen LogP contribution is 2.12. The maximum absolute atomic E-state index is 12.1. The Hall–Kier alpha value is -2.18. The van der Waals surface area contributed by atoms with Crippen molar-refractivity contribution in [1.82, 2.24) is 25.1 Å². The van der Waals surface area contributed by atoms with Gasteiger partial charge in [0.1, 0.15) is 5.82 Å². The first kappa shape index (κ1) is 12.3. The predicted octanol–water partition coefficient (Wildman–Crippen LogP) is 0.990. The zero-order valence-electron chi connectivity index (χ0n) is 10.8. The Morgan fingerprint density at radius 3 is 2.56 bits per heavy atom. The number of hydrogen-bond acceptors (Lipinski definition) is 5. The molecular weight excluding hydrogens is 234 g/mol. The van der Waals surface area contributed by atoms with E-state index in [4.69, 9.17) is 4.42 Å². The largest absolute Gasteiger partial charge is 0.436 e. The lowest BCUT2D eigenvalue weighted by Crippen LogP contribution is -2.27. The van der Waals surface area contributed by atoms with Crippen LogP contribution in [0, 0.1) is 20.8 Å². The van der Waals surface area contributed by atoms with Crippen molar-refractivity contribution in [3.05, 3.63) is 29.0 Å². The third-order valence-electron chi connectivity index (χ3n) is 2.47. The molecule has 0 saturated heterocycles. The van der Waals surface area contributed by atoms with Crippen molar-refractivity contribution < 1.29 is 9.21 Å². The molecule has 2 heterocycles. The SMILES string of the molecule is Cc1nc(CN(C)C(=O)c2oc(C)nc2C)n[nH]1. The molecule has 2 rings (SSSR count). The van der Waals surface area contributed by atoms with E-state index in [0.717, 1.165) is 5.82 Å². The molecule has 0 radical (unpaired) electrons. The molecule has 0 spiro atoms. The molecule has 2 aromatic rings. The highest BCUT2D eigenvalue weighted by molar-refractivity contribution is 5.92. The number of H-pyrrole nitrogens is 1. The van der Waals surface area contributed by atoms with E-state index in [1.807, 2.05) is 6.92 Å². The van der Waals surface area contributed by atoms with Crippen LogP contribution in [-0.4, -0.2) is 38.0 Å². The van der Waals surface area contributed by atoms with Crippen LogP contribution in [0.1, 0.15) is 33.8 Å². The van der Waals surface area contributed by atoms with E-state index >= 15 is 0 Å². The third-order valence-corrected chi connectivity index (χ3v) is 2.47. The van der Waals surface area contributed by atoms with E-state index in [-0.39, 0.29) is 11.7 Å². The van der Waals surface area contributed by atoms with Crippen molar-refractivity contribution in [1.29, 1.82) is 0 Å².